The molecule has 2 N–H and O–H groups in total. The second-order valence-corrected chi connectivity index (χ2v) is 7.08. The van der Waals surface area contributed by atoms with Crippen molar-refractivity contribution in [3.8, 4) is 5.75 Å². The highest BCUT2D eigenvalue weighted by molar-refractivity contribution is 14.0. The fourth-order valence-corrected chi connectivity index (χ4v) is 3.43. The van der Waals surface area contributed by atoms with Crippen LogP contribution in [0.2, 0.25) is 0 Å². The van der Waals surface area contributed by atoms with Crippen molar-refractivity contribution >= 4 is 29.9 Å². The SMILES string of the molecule is CCCN1CCC(CNC(=NCc2ccc(C)cc2OCC)NCC)C1.I. The van der Waals surface area contributed by atoms with Crippen LogP contribution >= 0.6 is 24.0 Å². The molecule has 1 heterocycles. The van der Waals surface area contributed by atoms with Gasteiger partial charge in [0, 0.05) is 25.2 Å². The highest BCUT2D eigenvalue weighted by Gasteiger charge is 2.21. The lowest BCUT2D eigenvalue weighted by Gasteiger charge is -2.17. The van der Waals surface area contributed by atoms with Crippen molar-refractivity contribution in [2.24, 2.45) is 10.9 Å². The summed E-state index contributed by atoms with van der Waals surface area (Å²) in [5.41, 5.74) is 2.34. The van der Waals surface area contributed by atoms with Gasteiger partial charge in [0.15, 0.2) is 5.96 Å². The molecule has 154 valence electrons. The predicted octanol–water partition coefficient (Wildman–Crippen LogP) is 3.80. The third-order valence-corrected chi connectivity index (χ3v) is 4.74. The fourth-order valence-electron chi connectivity index (χ4n) is 3.43. The first-order valence-electron chi connectivity index (χ1n) is 10.1. The molecule has 0 spiro atoms. The van der Waals surface area contributed by atoms with Gasteiger partial charge in [-0.15, -0.1) is 24.0 Å². The first-order chi connectivity index (χ1) is 12.7. The van der Waals surface area contributed by atoms with Crippen molar-refractivity contribution < 1.29 is 4.74 Å². The zero-order chi connectivity index (χ0) is 18.8. The molecule has 6 heteroatoms. The van der Waals surface area contributed by atoms with Gasteiger partial charge < -0.3 is 20.3 Å². The van der Waals surface area contributed by atoms with E-state index >= 15 is 0 Å². The molecule has 1 atom stereocenters. The van der Waals surface area contributed by atoms with Crippen molar-refractivity contribution in [3.63, 3.8) is 0 Å². The summed E-state index contributed by atoms with van der Waals surface area (Å²) in [6, 6.07) is 6.33. The monoisotopic (exact) mass is 488 g/mol. The van der Waals surface area contributed by atoms with Crippen LogP contribution in [0.5, 0.6) is 5.75 Å². The minimum Gasteiger partial charge on any atom is -0.494 e. The Kier molecular flexibility index (Phi) is 11.7. The summed E-state index contributed by atoms with van der Waals surface area (Å²) in [6.45, 7) is 15.3. The predicted molar refractivity (Wildman–Crippen MR) is 125 cm³/mol. The second-order valence-electron chi connectivity index (χ2n) is 7.08. The number of guanidine groups is 1. The summed E-state index contributed by atoms with van der Waals surface area (Å²) in [6.07, 6.45) is 2.52. The maximum atomic E-state index is 5.77. The van der Waals surface area contributed by atoms with Crippen molar-refractivity contribution in [3.05, 3.63) is 29.3 Å². The number of hydrogen-bond acceptors (Lipinski definition) is 3. The fraction of sp³-hybridized carbons (Fsp3) is 0.667. The smallest absolute Gasteiger partial charge is 0.191 e. The molecule has 0 radical (unpaired) electrons. The third-order valence-electron chi connectivity index (χ3n) is 4.74. The van der Waals surface area contributed by atoms with E-state index in [0.29, 0.717) is 19.1 Å². The largest absolute Gasteiger partial charge is 0.494 e. The molecule has 27 heavy (non-hydrogen) atoms. The summed E-state index contributed by atoms with van der Waals surface area (Å²) >= 11 is 0. The minimum atomic E-state index is 0. The van der Waals surface area contributed by atoms with Crippen LogP contribution in [0.4, 0.5) is 0 Å². The molecule has 5 nitrogen and oxygen atoms in total. The van der Waals surface area contributed by atoms with E-state index in [-0.39, 0.29) is 24.0 Å². The highest BCUT2D eigenvalue weighted by atomic mass is 127. The van der Waals surface area contributed by atoms with E-state index in [0.717, 1.165) is 30.4 Å². The number of likely N-dealkylation sites (tertiary alicyclic amines) is 1. The number of nitrogens with one attached hydrogen (secondary N) is 2. The van der Waals surface area contributed by atoms with E-state index in [9.17, 15) is 0 Å². The normalized spacial score (nSPS) is 17.5. The van der Waals surface area contributed by atoms with Gasteiger partial charge in [0.05, 0.1) is 13.2 Å². The first kappa shape index (κ1) is 24.0. The van der Waals surface area contributed by atoms with Crippen LogP contribution in [0.25, 0.3) is 0 Å². The summed E-state index contributed by atoms with van der Waals surface area (Å²) in [5, 5.41) is 6.89. The van der Waals surface area contributed by atoms with Gasteiger partial charge in [-0.05, 0) is 64.3 Å². The molecule has 0 bridgehead atoms. The van der Waals surface area contributed by atoms with E-state index in [2.05, 4.69) is 54.5 Å². The topological polar surface area (TPSA) is 48.9 Å². The summed E-state index contributed by atoms with van der Waals surface area (Å²) in [7, 11) is 0. The van der Waals surface area contributed by atoms with Gasteiger partial charge in [-0.1, -0.05) is 19.1 Å². The molecule has 0 amide bonds. The van der Waals surface area contributed by atoms with Crippen LogP contribution in [0.1, 0.15) is 44.7 Å². The molecule has 0 saturated carbocycles. The maximum Gasteiger partial charge on any atom is 0.191 e. The molecule has 0 aliphatic carbocycles. The van der Waals surface area contributed by atoms with Gasteiger partial charge in [-0.2, -0.15) is 0 Å². The molecule has 1 saturated heterocycles. The van der Waals surface area contributed by atoms with Crippen LogP contribution in [-0.4, -0.2) is 50.2 Å². The zero-order valence-corrected chi connectivity index (χ0v) is 19.7. The summed E-state index contributed by atoms with van der Waals surface area (Å²) < 4.78 is 5.77. The van der Waals surface area contributed by atoms with Crippen LogP contribution in [0, 0.1) is 12.8 Å². The molecule has 2 rings (SSSR count). The average molecular weight is 488 g/mol. The minimum absolute atomic E-state index is 0. The number of rotatable bonds is 9. The number of aliphatic imine (C=N–C) groups is 1. The number of nitrogens with zero attached hydrogens (tertiary/aromatic N) is 2. The van der Waals surface area contributed by atoms with E-state index < -0.39 is 0 Å². The number of hydrogen-bond donors (Lipinski definition) is 2. The maximum absolute atomic E-state index is 5.77. The number of aryl methyl sites for hydroxylation is 1. The van der Waals surface area contributed by atoms with Gasteiger partial charge in [-0.25, -0.2) is 4.99 Å². The first-order valence-corrected chi connectivity index (χ1v) is 10.1. The Bertz CT molecular complexity index is 579. The molecule has 0 aromatic heterocycles. The Morgan fingerprint density at radius 3 is 2.78 bits per heavy atom. The van der Waals surface area contributed by atoms with Crippen LogP contribution in [0.3, 0.4) is 0 Å². The third kappa shape index (κ3) is 8.25. The van der Waals surface area contributed by atoms with Crippen molar-refractivity contribution in [2.45, 2.75) is 47.1 Å². The summed E-state index contributed by atoms with van der Waals surface area (Å²) in [4.78, 5) is 7.34. The standard InChI is InChI=1S/C21H36N4O.HI/c1-5-11-25-12-10-18(16-25)14-23-21(22-6-2)24-15-19-9-8-17(4)13-20(19)26-7-3;/h8-9,13,18H,5-7,10-12,14-16H2,1-4H3,(H2,22,23,24);1H. The molecule has 1 aliphatic heterocycles. The van der Waals surface area contributed by atoms with E-state index in [1.165, 1.54) is 38.0 Å². The molecular weight excluding hydrogens is 451 g/mol. The van der Waals surface area contributed by atoms with E-state index in [1.54, 1.807) is 0 Å². The van der Waals surface area contributed by atoms with Gasteiger partial charge >= 0.3 is 0 Å². The Hall–Kier alpha value is -1.02. The van der Waals surface area contributed by atoms with Crippen molar-refractivity contribution in [1.29, 1.82) is 0 Å². The molecule has 1 aromatic rings. The van der Waals surface area contributed by atoms with Crippen molar-refractivity contribution in [2.75, 3.05) is 39.3 Å². The zero-order valence-electron chi connectivity index (χ0n) is 17.4. The molecule has 1 unspecified atom stereocenters. The Morgan fingerprint density at radius 2 is 2.07 bits per heavy atom. The van der Waals surface area contributed by atoms with Crippen molar-refractivity contribution in [1.82, 2.24) is 15.5 Å². The van der Waals surface area contributed by atoms with E-state index in [1.807, 2.05) is 6.92 Å². The quantitative estimate of drug-likeness (QED) is 0.316. The highest BCUT2D eigenvalue weighted by Crippen LogP contribution is 2.21. The second kappa shape index (κ2) is 13.2. The molecule has 1 aromatic carbocycles. The Balaban J connectivity index is 0.00000364. The van der Waals surface area contributed by atoms with Crippen LogP contribution < -0.4 is 15.4 Å². The average Bonchev–Trinajstić information content (AvgIpc) is 3.07. The number of benzene rings is 1. The number of halogens is 1. The summed E-state index contributed by atoms with van der Waals surface area (Å²) in [5.74, 6) is 2.55. The molecule has 1 fully saturated rings. The number of ether oxygens (including phenoxy) is 1. The van der Waals surface area contributed by atoms with Gasteiger partial charge in [-0.3, -0.25) is 0 Å². The Labute approximate surface area is 182 Å². The lowest BCUT2D eigenvalue weighted by Crippen LogP contribution is -2.40. The molecular formula is C21H37IN4O. The van der Waals surface area contributed by atoms with Crippen LogP contribution in [0.15, 0.2) is 23.2 Å². The lowest BCUT2D eigenvalue weighted by molar-refractivity contribution is 0.324. The lowest BCUT2D eigenvalue weighted by atomic mass is 10.1. The van der Waals surface area contributed by atoms with Gasteiger partial charge in [0.2, 0.25) is 0 Å². The van der Waals surface area contributed by atoms with Crippen LogP contribution in [-0.2, 0) is 6.54 Å². The van der Waals surface area contributed by atoms with Gasteiger partial charge in [0.1, 0.15) is 5.75 Å². The van der Waals surface area contributed by atoms with Gasteiger partial charge in [0.25, 0.3) is 0 Å². The Morgan fingerprint density at radius 1 is 1.26 bits per heavy atom. The molecule has 1 aliphatic rings. The van der Waals surface area contributed by atoms with E-state index in [4.69, 9.17) is 9.73 Å².